The Bertz CT molecular complexity index is 215. The molecule has 1 aliphatic carbocycles. The maximum atomic E-state index is 11.2. The highest BCUT2D eigenvalue weighted by molar-refractivity contribution is 9.10. The van der Waals surface area contributed by atoms with Crippen LogP contribution in [0.3, 0.4) is 0 Å². The highest BCUT2D eigenvalue weighted by atomic mass is 79.9. The molecule has 0 radical (unpaired) electrons. The first-order chi connectivity index (χ1) is 7.07. The zero-order chi connectivity index (χ0) is 11.3. The summed E-state index contributed by atoms with van der Waals surface area (Å²) in [6, 6.07) is 0. The van der Waals surface area contributed by atoms with Crippen LogP contribution >= 0.6 is 15.9 Å². The fourth-order valence-corrected chi connectivity index (χ4v) is 2.40. The number of hydrogen-bond donors (Lipinski definition) is 1. The summed E-state index contributed by atoms with van der Waals surface area (Å²) in [5, 5.41) is 3.47. The summed E-state index contributed by atoms with van der Waals surface area (Å²) in [5.74, 6) is -0.207. The van der Waals surface area contributed by atoms with Crippen LogP contribution in [0, 0.1) is 0 Å². The summed E-state index contributed by atoms with van der Waals surface area (Å²) < 4.78 is 4.66. The third-order valence-electron chi connectivity index (χ3n) is 3.12. The monoisotopic (exact) mass is 277 g/mol. The van der Waals surface area contributed by atoms with Crippen molar-refractivity contribution in [2.24, 2.45) is 0 Å². The van der Waals surface area contributed by atoms with Gasteiger partial charge in [0.2, 0.25) is 0 Å². The highest BCUT2D eigenvalue weighted by Gasteiger charge is 2.27. The Morgan fingerprint density at radius 3 is 2.60 bits per heavy atom. The van der Waals surface area contributed by atoms with Gasteiger partial charge in [-0.2, -0.15) is 0 Å². The maximum Gasteiger partial charge on any atom is 0.320 e. The van der Waals surface area contributed by atoms with Gasteiger partial charge in [-0.1, -0.05) is 35.2 Å². The molecule has 15 heavy (non-hydrogen) atoms. The fraction of sp³-hybridized carbons (Fsp3) is 0.909. The van der Waals surface area contributed by atoms with Crippen LogP contribution in [0.2, 0.25) is 0 Å². The molecular formula is C11H20BrNO2. The average molecular weight is 278 g/mol. The molecule has 0 heterocycles. The van der Waals surface area contributed by atoms with E-state index in [2.05, 4.69) is 32.9 Å². The summed E-state index contributed by atoms with van der Waals surface area (Å²) in [5.41, 5.74) is 0.207. The predicted octanol–water partition coefficient (Wildman–Crippen LogP) is 2.24. The number of alkyl halides is 1. The molecule has 0 bridgehead atoms. The average Bonchev–Trinajstić information content (AvgIpc) is 2.26. The molecule has 1 aliphatic rings. The molecule has 0 aliphatic heterocycles. The van der Waals surface area contributed by atoms with Crippen LogP contribution in [0.4, 0.5) is 0 Å². The van der Waals surface area contributed by atoms with Crippen LogP contribution in [-0.4, -0.2) is 30.0 Å². The van der Waals surface area contributed by atoms with Gasteiger partial charge >= 0.3 is 5.97 Å². The number of methoxy groups -OCH3 is 1. The van der Waals surface area contributed by atoms with Crippen molar-refractivity contribution in [3.8, 4) is 0 Å². The van der Waals surface area contributed by atoms with E-state index in [1.54, 1.807) is 0 Å². The minimum absolute atomic E-state index is 0.207. The largest absolute Gasteiger partial charge is 0.468 e. The van der Waals surface area contributed by atoms with E-state index >= 15 is 0 Å². The second kappa shape index (κ2) is 5.85. The summed E-state index contributed by atoms with van der Waals surface area (Å²) in [4.78, 5) is 10.9. The normalized spacial score (nSPS) is 22.1. The van der Waals surface area contributed by atoms with Crippen LogP contribution in [0.1, 0.15) is 39.0 Å². The van der Waals surface area contributed by atoms with E-state index in [0.717, 1.165) is 0 Å². The second-order valence-electron chi connectivity index (χ2n) is 4.49. The molecular weight excluding hydrogens is 258 g/mol. The topological polar surface area (TPSA) is 38.3 Å². The lowest BCUT2D eigenvalue weighted by molar-refractivity contribution is -0.139. The number of carbonyl (C=O) groups excluding carboxylic acids is 1. The number of nitrogens with one attached hydrogen (secondary N) is 1. The molecule has 3 nitrogen and oxygen atoms in total. The SMILES string of the molecule is COC(=O)C(Br)CNC1(C)CCCCC1. The van der Waals surface area contributed by atoms with Crippen molar-refractivity contribution in [3.63, 3.8) is 0 Å². The lowest BCUT2D eigenvalue weighted by atomic mass is 9.83. The number of hydrogen-bond acceptors (Lipinski definition) is 3. The van der Waals surface area contributed by atoms with Gasteiger partial charge in [0.05, 0.1) is 7.11 Å². The summed E-state index contributed by atoms with van der Waals surface area (Å²) in [6.45, 7) is 2.88. The van der Waals surface area contributed by atoms with Crippen LogP contribution < -0.4 is 5.32 Å². The Labute approximate surface area is 100 Å². The van der Waals surface area contributed by atoms with Crippen molar-refractivity contribution < 1.29 is 9.53 Å². The number of ether oxygens (including phenoxy) is 1. The molecule has 1 atom stereocenters. The molecule has 4 heteroatoms. The lowest BCUT2D eigenvalue weighted by Crippen LogP contribution is -2.47. The molecule has 0 aromatic heterocycles. The smallest absolute Gasteiger partial charge is 0.320 e. The van der Waals surface area contributed by atoms with Crippen molar-refractivity contribution in [1.82, 2.24) is 5.32 Å². The van der Waals surface area contributed by atoms with Crippen LogP contribution in [0.25, 0.3) is 0 Å². The van der Waals surface area contributed by atoms with E-state index < -0.39 is 0 Å². The van der Waals surface area contributed by atoms with Crippen LogP contribution in [0.5, 0.6) is 0 Å². The van der Waals surface area contributed by atoms with Crippen LogP contribution in [-0.2, 0) is 9.53 Å². The van der Waals surface area contributed by atoms with Gasteiger partial charge in [0.25, 0.3) is 0 Å². The third kappa shape index (κ3) is 4.11. The Balaban J connectivity index is 2.31. The van der Waals surface area contributed by atoms with Gasteiger partial charge < -0.3 is 10.1 Å². The van der Waals surface area contributed by atoms with E-state index in [4.69, 9.17) is 0 Å². The zero-order valence-electron chi connectivity index (χ0n) is 9.51. The first-order valence-corrected chi connectivity index (χ1v) is 6.46. The molecule has 1 rings (SSSR count). The molecule has 0 saturated heterocycles. The minimum Gasteiger partial charge on any atom is -0.468 e. The summed E-state index contributed by atoms with van der Waals surface area (Å²) >= 11 is 3.32. The van der Waals surface area contributed by atoms with E-state index in [1.165, 1.54) is 39.2 Å². The molecule has 1 unspecified atom stereocenters. The van der Waals surface area contributed by atoms with E-state index in [1.807, 2.05) is 0 Å². The number of halogens is 1. The number of rotatable bonds is 4. The van der Waals surface area contributed by atoms with Crippen molar-refractivity contribution in [2.45, 2.75) is 49.4 Å². The second-order valence-corrected chi connectivity index (χ2v) is 5.60. The standard InChI is InChI=1S/C11H20BrNO2/c1-11(6-4-3-5-7-11)13-8-9(12)10(14)15-2/h9,13H,3-8H2,1-2H3. The molecule has 88 valence electrons. The first-order valence-electron chi connectivity index (χ1n) is 5.54. The van der Waals surface area contributed by atoms with Gasteiger partial charge in [0.15, 0.2) is 0 Å². The molecule has 0 aromatic rings. The van der Waals surface area contributed by atoms with Crippen molar-refractivity contribution in [2.75, 3.05) is 13.7 Å². The van der Waals surface area contributed by atoms with Crippen molar-refractivity contribution in [1.29, 1.82) is 0 Å². The van der Waals surface area contributed by atoms with Crippen molar-refractivity contribution in [3.05, 3.63) is 0 Å². The Kier molecular flexibility index (Phi) is 5.06. The van der Waals surface area contributed by atoms with Gasteiger partial charge in [-0.15, -0.1) is 0 Å². The molecule has 0 spiro atoms. The zero-order valence-corrected chi connectivity index (χ0v) is 11.1. The molecule has 0 amide bonds. The summed E-state index contributed by atoms with van der Waals surface area (Å²) in [6.07, 6.45) is 6.32. The van der Waals surface area contributed by atoms with E-state index in [9.17, 15) is 4.79 Å². The first kappa shape index (κ1) is 13.0. The van der Waals surface area contributed by atoms with Gasteiger partial charge in [-0.25, -0.2) is 0 Å². The highest BCUT2D eigenvalue weighted by Crippen LogP contribution is 2.27. The van der Waals surface area contributed by atoms with Gasteiger partial charge in [0.1, 0.15) is 4.83 Å². The molecule has 1 N–H and O–H groups in total. The lowest BCUT2D eigenvalue weighted by Gasteiger charge is -2.35. The Morgan fingerprint density at radius 2 is 2.07 bits per heavy atom. The van der Waals surface area contributed by atoms with Gasteiger partial charge in [-0.3, -0.25) is 4.79 Å². The van der Waals surface area contributed by atoms with Gasteiger partial charge in [-0.05, 0) is 19.8 Å². The molecule has 1 fully saturated rings. The number of esters is 1. The van der Waals surface area contributed by atoms with Crippen molar-refractivity contribution >= 4 is 21.9 Å². The minimum atomic E-state index is -0.235. The van der Waals surface area contributed by atoms with Crippen LogP contribution in [0.15, 0.2) is 0 Å². The third-order valence-corrected chi connectivity index (χ3v) is 3.82. The maximum absolute atomic E-state index is 11.2. The van der Waals surface area contributed by atoms with Gasteiger partial charge in [0, 0.05) is 12.1 Å². The Morgan fingerprint density at radius 1 is 1.47 bits per heavy atom. The Hall–Kier alpha value is -0.0900. The predicted molar refractivity (Wildman–Crippen MR) is 64.2 cm³/mol. The molecule has 0 aromatic carbocycles. The summed E-state index contributed by atoms with van der Waals surface area (Å²) in [7, 11) is 1.42. The fourth-order valence-electron chi connectivity index (χ4n) is 2.06. The van der Waals surface area contributed by atoms with E-state index in [0.29, 0.717) is 6.54 Å². The molecule has 1 saturated carbocycles. The number of carbonyl (C=O) groups is 1. The quantitative estimate of drug-likeness (QED) is 0.633. The van der Waals surface area contributed by atoms with E-state index in [-0.39, 0.29) is 16.3 Å².